The molecule has 1 N–H and O–H groups in total. The van der Waals surface area contributed by atoms with Crippen LogP contribution >= 0.6 is 0 Å². The summed E-state index contributed by atoms with van der Waals surface area (Å²) in [6.45, 7) is 4.91. The monoisotopic (exact) mass is 259 g/mol. The lowest BCUT2D eigenvalue weighted by Gasteiger charge is -2.06. The van der Waals surface area contributed by atoms with Gasteiger partial charge in [0.05, 0.1) is 5.69 Å². The number of aromatic nitrogens is 2. The zero-order valence-electron chi connectivity index (χ0n) is 11.6. The van der Waals surface area contributed by atoms with E-state index in [1.54, 1.807) is 0 Å². The van der Waals surface area contributed by atoms with Crippen LogP contribution < -0.4 is 5.32 Å². The zero-order valence-corrected chi connectivity index (χ0v) is 11.6. The Bertz CT molecular complexity index is 560. The smallest absolute Gasteiger partial charge is 0.270 e. The van der Waals surface area contributed by atoms with Gasteiger partial charge in [-0.15, -0.1) is 0 Å². The van der Waals surface area contributed by atoms with E-state index in [0.29, 0.717) is 5.69 Å². The first-order valence-corrected chi connectivity index (χ1v) is 7.02. The molecule has 0 saturated carbocycles. The predicted octanol–water partition coefficient (Wildman–Crippen LogP) is 2.82. The summed E-state index contributed by atoms with van der Waals surface area (Å²) in [4.78, 5) is 16.8. The number of nitrogens with zero attached hydrogens (tertiary/aromatic N) is 2. The molecule has 4 heteroatoms. The Labute approximate surface area is 113 Å². The second-order valence-electron chi connectivity index (χ2n) is 4.65. The summed E-state index contributed by atoms with van der Waals surface area (Å²) < 4.78 is 1.87. The molecule has 2 aromatic rings. The van der Waals surface area contributed by atoms with E-state index in [2.05, 4.69) is 17.2 Å². The Morgan fingerprint density at radius 3 is 2.89 bits per heavy atom. The molecule has 2 rings (SSSR count). The van der Waals surface area contributed by atoms with Crippen LogP contribution in [0.5, 0.6) is 0 Å². The molecule has 102 valence electrons. The Hall–Kier alpha value is -1.84. The lowest BCUT2D eigenvalue weighted by atomic mass is 10.2. The molecule has 19 heavy (non-hydrogen) atoms. The highest BCUT2D eigenvalue weighted by Gasteiger charge is 2.17. The molecular weight excluding hydrogens is 238 g/mol. The van der Waals surface area contributed by atoms with Crippen LogP contribution in [0, 0.1) is 0 Å². The Kier molecular flexibility index (Phi) is 4.55. The van der Waals surface area contributed by atoms with Crippen molar-refractivity contribution in [3.63, 3.8) is 0 Å². The number of amides is 1. The van der Waals surface area contributed by atoms with Gasteiger partial charge in [-0.3, -0.25) is 9.20 Å². The summed E-state index contributed by atoms with van der Waals surface area (Å²) in [5, 5.41) is 2.99. The first-order chi connectivity index (χ1) is 9.27. The molecule has 0 aromatic carbocycles. The van der Waals surface area contributed by atoms with E-state index in [-0.39, 0.29) is 5.91 Å². The van der Waals surface area contributed by atoms with Gasteiger partial charge in [0.25, 0.3) is 5.91 Å². The minimum Gasteiger partial charge on any atom is -0.351 e. The van der Waals surface area contributed by atoms with E-state index in [9.17, 15) is 4.79 Å². The summed E-state index contributed by atoms with van der Waals surface area (Å²) >= 11 is 0. The van der Waals surface area contributed by atoms with Crippen LogP contribution in [0.1, 0.15) is 49.3 Å². The number of rotatable bonds is 6. The zero-order chi connectivity index (χ0) is 13.7. The van der Waals surface area contributed by atoms with Gasteiger partial charge in [0.1, 0.15) is 11.3 Å². The molecule has 0 saturated heterocycles. The molecule has 0 fully saturated rings. The first-order valence-electron chi connectivity index (χ1n) is 7.02. The highest BCUT2D eigenvalue weighted by Crippen LogP contribution is 2.13. The van der Waals surface area contributed by atoms with Crippen molar-refractivity contribution in [2.75, 3.05) is 6.54 Å². The van der Waals surface area contributed by atoms with Crippen LogP contribution in [-0.4, -0.2) is 21.8 Å². The molecule has 4 nitrogen and oxygen atoms in total. The van der Waals surface area contributed by atoms with Crippen molar-refractivity contribution in [1.29, 1.82) is 0 Å². The van der Waals surface area contributed by atoms with Gasteiger partial charge in [0.2, 0.25) is 0 Å². The minimum atomic E-state index is -0.0216. The second-order valence-corrected chi connectivity index (χ2v) is 4.65. The molecule has 2 heterocycles. The molecule has 0 bridgehead atoms. The normalized spacial score (nSPS) is 10.8. The Morgan fingerprint density at radius 2 is 2.16 bits per heavy atom. The van der Waals surface area contributed by atoms with E-state index in [0.717, 1.165) is 43.6 Å². The average Bonchev–Trinajstić information content (AvgIpc) is 2.82. The van der Waals surface area contributed by atoms with Gasteiger partial charge in [-0.1, -0.05) is 32.8 Å². The van der Waals surface area contributed by atoms with Crippen molar-refractivity contribution in [3.05, 3.63) is 35.8 Å². The van der Waals surface area contributed by atoms with Crippen LogP contribution in [0.25, 0.3) is 5.65 Å². The van der Waals surface area contributed by atoms with Gasteiger partial charge in [-0.05, 0) is 25.0 Å². The van der Waals surface area contributed by atoms with Crippen molar-refractivity contribution in [2.45, 2.75) is 39.5 Å². The fraction of sp³-hybridized carbons (Fsp3) is 0.467. The van der Waals surface area contributed by atoms with Crippen LogP contribution in [-0.2, 0) is 6.42 Å². The van der Waals surface area contributed by atoms with E-state index in [4.69, 9.17) is 0 Å². The third-order valence-corrected chi connectivity index (χ3v) is 3.22. The molecule has 0 spiro atoms. The topological polar surface area (TPSA) is 46.4 Å². The number of unbranched alkanes of at least 4 members (excludes halogenated alkanes) is 2. The van der Waals surface area contributed by atoms with Gasteiger partial charge < -0.3 is 5.32 Å². The number of aryl methyl sites for hydroxylation is 1. The molecule has 0 atom stereocenters. The Morgan fingerprint density at radius 1 is 1.32 bits per heavy atom. The molecule has 0 unspecified atom stereocenters. The third kappa shape index (κ3) is 2.95. The maximum Gasteiger partial charge on any atom is 0.270 e. The third-order valence-electron chi connectivity index (χ3n) is 3.22. The minimum absolute atomic E-state index is 0.0216. The number of hydrogen-bond donors (Lipinski definition) is 1. The van der Waals surface area contributed by atoms with Gasteiger partial charge in [0, 0.05) is 12.7 Å². The van der Waals surface area contributed by atoms with Crippen molar-refractivity contribution >= 4 is 11.6 Å². The molecule has 0 aliphatic heterocycles. The van der Waals surface area contributed by atoms with Crippen LogP contribution in [0.4, 0.5) is 0 Å². The van der Waals surface area contributed by atoms with Crippen molar-refractivity contribution in [1.82, 2.24) is 14.7 Å². The van der Waals surface area contributed by atoms with Gasteiger partial charge in [-0.2, -0.15) is 0 Å². The van der Waals surface area contributed by atoms with Crippen LogP contribution in [0.2, 0.25) is 0 Å². The summed E-state index contributed by atoms with van der Waals surface area (Å²) in [5.41, 5.74) is 2.37. The summed E-state index contributed by atoms with van der Waals surface area (Å²) in [6.07, 6.45) is 5.99. The number of imidazole rings is 1. The van der Waals surface area contributed by atoms with Crippen molar-refractivity contribution < 1.29 is 4.79 Å². The summed E-state index contributed by atoms with van der Waals surface area (Å²) in [5.74, 6) is -0.0216. The summed E-state index contributed by atoms with van der Waals surface area (Å²) in [7, 11) is 0. The standard InChI is InChI=1S/C15H21N3O/c1-3-5-7-10-16-15(19)14-12(4-2)17-13-9-6-8-11-18(13)14/h6,8-9,11H,3-5,7,10H2,1-2H3,(H,16,19). The molecule has 0 aliphatic rings. The fourth-order valence-electron chi connectivity index (χ4n) is 2.19. The SMILES string of the molecule is CCCCCNC(=O)c1c(CC)nc2ccccn12. The predicted molar refractivity (Wildman–Crippen MR) is 76.4 cm³/mol. The largest absolute Gasteiger partial charge is 0.351 e. The molecular formula is C15H21N3O. The van der Waals surface area contributed by atoms with Crippen LogP contribution in [0.15, 0.2) is 24.4 Å². The molecule has 1 amide bonds. The fourth-order valence-corrected chi connectivity index (χ4v) is 2.19. The van der Waals surface area contributed by atoms with E-state index >= 15 is 0 Å². The highest BCUT2D eigenvalue weighted by molar-refractivity contribution is 5.94. The van der Waals surface area contributed by atoms with Crippen molar-refractivity contribution in [3.8, 4) is 0 Å². The lowest BCUT2D eigenvalue weighted by Crippen LogP contribution is -2.26. The number of hydrogen-bond acceptors (Lipinski definition) is 2. The van der Waals surface area contributed by atoms with E-state index in [1.165, 1.54) is 0 Å². The first kappa shape index (κ1) is 13.6. The molecule has 0 aliphatic carbocycles. The number of pyridine rings is 1. The van der Waals surface area contributed by atoms with Crippen LogP contribution in [0.3, 0.4) is 0 Å². The Balaban J connectivity index is 2.20. The number of nitrogens with one attached hydrogen (secondary N) is 1. The number of carbonyl (C=O) groups is 1. The quantitative estimate of drug-likeness (QED) is 0.811. The maximum absolute atomic E-state index is 12.3. The van der Waals surface area contributed by atoms with E-state index in [1.807, 2.05) is 35.7 Å². The van der Waals surface area contributed by atoms with Crippen molar-refractivity contribution in [2.24, 2.45) is 0 Å². The average molecular weight is 259 g/mol. The molecule has 0 radical (unpaired) electrons. The molecule has 2 aromatic heterocycles. The summed E-state index contributed by atoms with van der Waals surface area (Å²) in [6, 6.07) is 5.78. The van der Waals surface area contributed by atoms with E-state index < -0.39 is 0 Å². The highest BCUT2D eigenvalue weighted by atomic mass is 16.1. The maximum atomic E-state index is 12.3. The van der Waals surface area contributed by atoms with Gasteiger partial charge in [0.15, 0.2) is 0 Å². The van der Waals surface area contributed by atoms with Gasteiger partial charge >= 0.3 is 0 Å². The second kappa shape index (κ2) is 6.36. The number of fused-ring (bicyclic) bond motifs is 1. The number of carbonyl (C=O) groups excluding carboxylic acids is 1. The van der Waals surface area contributed by atoms with Gasteiger partial charge in [-0.25, -0.2) is 4.98 Å². The lowest BCUT2D eigenvalue weighted by molar-refractivity contribution is 0.0946.